The molecule has 0 spiro atoms. The van der Waals surface area contributed by atoms with Crippen molar-refractivity contribution in [1.82, 2.24) is 31.9 Å². The normalized spacial score (nSPS) is 13.3. The maximum atomic E-state index is 13.7. The SMILES string of the molecule is CCOC(=O)CNC(=O)[C@H](CCCN=C(NC(=O)OC(C)(C)C)NC(=O)OC(C)(C)C)NC(=O)[C@H](CC(C)C)NC(=O)[C@H](NC(=O)OC(C)(C)C)C(C)C. The van der Waals surface area contributed by atoms with E-state index in [4.69, 9.17) is 18.9 Å². The van der Waals surface area contributed by atoms with E-state index in [-0.39, 0.29) is 50.2 Å². The number of amides is 6. The zero-order chi connectivity index (χ0) is 42.0. The van der Waals surface area contributed by atoms with Crippen molar-refractivity contribution in [3.63, 3.8) is 0 Å². The van der Waals surface area contributed by atoms with E-state index in [1.807, 2.05) is 13.8 Å². The summed E-state index contributed by atoms with van der Waals surface area (Å²) in [5.41, 5.74) is -2.50. The van der Waals surface area contributed by atoms with Crippen molar-refractivity contribution in [3.8, 4) is 0 Å². The van der Waals surface area contributed by atoms with Crippen LogP contribution in [-0.2, 0) is 38.1 Å². The molecule has 0 aliphatic heterocycles. The van der Waals surface area contributed by atoms with Crippen LogP contribution in [0, 0.1) is 11.8 Å². The van der Waals surface area contributed by atoms with Gasteiger partial charge in [0, 0.05) is 6.54 Å². The van der Waals surface area contributed by atoms with E-state index in [9.17, 15) is 33.6 Å². The van der Waals surface area contributed by atoms with Gasteiger partial charge in [0.1, 0.15) is 41.5 Å². The molecule has 0 rings (SSSR count). The number of hydrogen-bond donors (Lipinski definition) is 6. The lowest BCUT2D eigenvalue weighted by Crippen LogP contribution is -2.58. The molecule has 18 heteroatoms. The van der Waals surface area contributed by atoms with Gasteiger partial charge in [-0.25, -0.2) is 14.4 Å². The van der Waals surface area contributed by atoms with Crippen LogP contribution in [0.5, 0.6) is 0 Å². The molecule has 0 saturated carbocycles. The van der Waals surface area contributed by atoms with Crippen molar-refractivity contribution < 1.29 is 52.5 Å². The summed E-state index contributed by atoms with van der Waals surface area (Å²) in [4.78, 5) is 94.1. The van der Waals surface area contributed by atoms with E-state index in [1.165, 1.54) is 0 Å². The summed E-state index contributed by atoms with van der Waals surface area (Å²) in [6.07, 6.45) is -2.28. The highest BCUT2D eigenvalue weighted by Gasteiger charge is 2.32. The number of nitrogens with zero attached hydrogens (tertiary/aromatic N) is 1. The van der Waals surface area contributed by atoms with Gasteiger partial charge in [-0.15, -0.1) is 0 Å². The molecule has 0 radical (unpaired) electrons. The molecular formula is C36H65N7O11. The number of esters is 1. The summed E-state index contributed by atoms with van der Waals surface area (Å²) in [5, 5.41) is 15.1. The van der Waals surface area contributed by atoms with Gasteiger partial charge in [0.05, 0.1) is 6.61 Å². The molecule has 0 saturated heterocycles. The third-order valence-corrected chi connectivity index (χ3v) is 6.47. The average Bonchev–Trinajstić information content (AvgIpc) is 2.96. The number of hydrogen-bond acceptors (Lipinski definition) is 12. The molecule has 54 heavy (non-hydrogen) atoms. The van der Waals surface area contributed by atoms with Crippen molar-refractivity contribution in [1.29, 1.82) is 0 Å². The van der Waals surface area contributed by atoms with Gasteiger partial charge in [0.15, 0.2) is 0 Å². The van der Waals surface area contributed by atoms with Crippen molar-refractivity contribution >= 4 is 47.9 Å². The Kier molecular flexibility index (Phi) is 20.6. The predicted octanol–water partition coefficient (Wildman–Crippen LogP) is 3.42. The third kappa shape index (κ3) is 23.8. The van der Waals surface area contributed by atoms with Crippen LogP contribution >= 0.6 is 0 Å². The molecule has 310 valence electrons. The Labute approximate surface area is 319 Å². The van der Waals surface area contributed by atoms with Crippen LogP contribution in [0.4, 0.5) is 14.4 Å². The van der Waals surface area contributed by atoms with Gasteiger partial charge in [-0.1, -0.05) is 27.7 Å². The number of nitrogens with one attached hydrogen (secondary N) is 6. The summed E-state index contributed by atoms with van der Waals surface area (Å²) in [6, 6.07) is -3.36. The minimum atomic E-state index is -1.21. The van der Waals surface area contributed by atoms with E-state index in [0.29, 0.717) is 0 Å². The molecule has 0 aliphatic carbocycles. The van der Waals surface area contributed by atoms with Gasteiger partial charge in [-0.05, 0) is 100 Å². The van der Waals surface area contributed by atoms with Gasteiger partial charge in [0.2, 0.25) is 23.7 Å². The Balaban J connectivity index is 6.20. The van der Waals surface area contributed by atoms with E-state index in [1.54, 1.807) is 83.1 Å². The number of rotatable bonds is 16. The highest BCUT2D eigenvalue weighted by Crippen LogP contribution is 2.12. The highest BCUT2D eigenvalue weighted by molar-refractivity contribution is 6.01. The van der Waals surface area contributed by atoms with Gasteiger partial charge in [0.25, 0.3) is 0 Å². The van der Waals surface area contributed by atoms with Crippen molar-refractivity contribution in [2.24, 2.45) is 16.8 Å². The molecule has 0 aromatic heterocycles. The second kappa shape index (κ2) is 22.5. The number of guanidine groups is 1. The number of carbonyl (C=O) groups excluding carboxylic acids is 7. The van der Waals surface area contributed by atoms with E-state index < -0.39 is 83.4 Å². The first-order chi connectivity index (χ1) is 24.6. The standard InChI is InChI=1S/C36H65N7O11/c1-15-51-25(44)20-38-27(45)23(17-16-18-37-30(42-32(49)53-35(9,10)11)43-33(50)54-36(12,13)14)39-28(46)24(19-21(2)3)40-29(47)26(22(4)5)41-31(48)52-34(6,7)8/h21-24,26H,15-20H2,1-14H3,(H,38,45)(H,39,46)(H,40,47)(H,41,48)(H2,37,42,43,49,50)/t23-,24-,26+/m0/s1. The molecule has 18 nitrogen and oxygen atoms in total. The number of aliphatic imine (C=N–C) groups is 1. The second-order valence-electron chi connectivity index (χ2n) is 16.3. The first kappa shape index (κ1) is 49.4. The molecular weight excluding hydrogens is 706 g/mol. The first-order valence-corrected chi connectivity index (χ1v) is 18.2. The van der Waals surface area contributed by atoms with Crippen LogP contribution in [0.15, 0.2) is 4.99 Å². The van der Waals surface area contributed by atoms with Crippen molar-refractivity contribution in [3.05, 3.63) is 0 Å². The Morgan fingerprint density at radius 2 is 1.11 bits per heavy atom. The van der Waals surface area contributed by atoms with Crippen LogP contribution in [0.2, 0.25) is 0 Å². The summed E-state index contributed by atoms with van der Waals surface area (Å²) in [6.45, 7) is 23.4. The lowest BCUT2D eigenvalue weighted by molar-refractivity contribution is -0.143. The van der Waals surface area contributed by atoms with E-state index >= 15 is 0 Å². The minimum Gasteiger partial charge on any atom is -0.465 e. The Morgan fingerprint density at radius 3 is 1.56 bits per heavy atom. The lowest BCUT2D eigenvalue weighted by atomic mass is 9.99. The summed E-state index contributed by atoms with van der Waals surface area (Å²) >= 11 is 0. The summed E-state index contributed by atoms with van der Waals surface area (Å²) in [5.74, 6) is -3.43. The van der Waals surface area contributed by atoms with Crippen LogP contribution in [0.3, 0.4) is 0 Å². The largest absolute Gasteiger partial charge is 0.465 e. The quantitative estimate of drug-likeness (QED) is 0.0437. The molecule has 6 N–H and O–H groups in total. The first-order valence-electron chi connectivity index (χ1n) is 18.2. The third-order valence-electron chi connectivity index (χ3n) is 6.47. The minimum absolute atomic E-state index is 0.0206. The molecule has 0 aromatic carbocycles. The molecule has 0 fully saturated rings. The Bertz CT molecular complexity index is 1280. The predicted molar refractivity (Wildman–Crippen MR) is 201 cm³/mol. The fourth-order valence-corrected chi connectivity index (χ4v) is 4.37. The summed E-state index contributed by atoms with van der Waals surface area (Å²) in [7, 11) is 0. The van der Waals surface area contributed by atoms with Crippen molar-refractivity contribution in [2.75, 3.05) is 19.7 Å². The summed E-state index contributed by atoms with van der Waals surface area (Å²) < 4.78 is 20.7. The van der Waals surface area contributed by atoms with Gasteiger partial charge in [-0.3, -0.25) is 34.8 Å². The van der Waals surface area contributed by atoms with Crippen LogP contribution < -0.4 is 31.9 Å². The molecule has 0 aliphatic rings. The monoisotopic (exact) mass is 771 g/mol. The number of alkyl carbamates (subject to hydrolysis) is 3. The molecule has 0 unspecified atom stereocenters. The highest BCUT2D eigenvalue weighted by atomic mass is 16.6. The fraction of sp³-hybridized carbons (Fsp3) is 0.778. The van der Waals surface area contributed by atoms with Crippen molar-refractivity contribution in [2.45, 2.75) is 151 Å². The van der Waals surface area contributed by atoms with Gasteiger partial charge < -0.3 is 40.2 Å². The van der Waals surface area contributed by atoms with Gasteiger partial charge >= 0.3 is 24.2 Å². The number of ether oxygens (including phenoxy) is 4. The van der Waals surface area contributed by atoms with E-state index in [0.717, 1.165) is 0 Å². The lowest BCUT2D eigenvalue weighted by Gasteiger charge is -2.28. The smallest absolute Gasteiger partial charge is 0.414 e. The topological polar surface area (TPSA) is 241 Å². The Morgan fingerprint density at radius 1 is 0.630 bits per heavy atom. The fourth-order valence-electron chi connectivity index (χ4n) is 4.37. The van der Waals surface area contributed by atoms with Crippen LogP contribution in [0.1, 0.15) is 116 Å². The zero-order valence-electron chi connectivity index (χ0n) is 34.6. The maximum Gasteiger partial charge on any atom is 0.414 e. The molecule has 6 amide bonds. The molecule has 0 aromatic rings. The van der Waals surface area contributed by atoms with Crippen LogP contribution in [-0.4, -0.2) is 103 Å². The zero-order valence-corrected chi connectivity index (χ0v) is 34.6. The second-order valence-corrected chi connectivity index (χ2v) is 16.3. The average molecular weight is 772 g/mol. The molecule has 0 heterocycles. The van der Waals surface area contributed by atoms with E-state index in [2.05, 4.69) is 36.9 Å². The maximum absolute atomic E-state index is 13.7. The molecule has 3 atom stereocenters. The van der Waals surface area contributed by atoms with Crippen LogP contribution in [0.25, 0.3) is 0 Å². The van der Waals surface area contributed by atoms with Gasteiger partial charge in [-0.2, -0.15) is 0 Å². The molecule has 0 bridgehead atoms. The Hall–Kier alpha value is -4.64. The number of carbonyl (C=O) groups is 7.